The minimum atomic E-state index is -0.637. The summed E-state index contributed by atoms with van der Waals surface area (Å²) in [5.41, 5.74) is 0. The highest BCUT2D eigenvalue weighted by Crippen LogP contribution is 2.15. The molecule has 0 radical (unpaired) electrons. The van der Waals surface area contributed by atoms with Crippen LogP contribution in [0.4, 0.5) is 0 Å². The SMILES string of the molecule is CCOC(=O)C(C/C=N/OC)C(OC)OCC. The first-order valence-corrected chi connectivity index (χ1v) is 5.57. The van der Waals surface area contributed by atoms with Gasteiger partial charge in [0.2, 0.25) is 0 Å². The summed E-state index contributed by atoms with van der Waals surface area (Å²) in [5.74, 6) is -0.908. The van der Waals surface area contributed by atoms with Gasteiger partial charge in [-0.05, 0) is 13.8 Å². The second-order valence-electron chi connectivity index (χ2n) is 3.12. The molecule has 0 aliphatic heterocycles. The minimum absolute atomic E-state index is 0.319. The summed E-state index contributed by atoms with van der Waals surface area (Å²) in [6, 6.07) is 0. The van der Waals surface area contributed by atoms with Crippen molar-refractivity contribution in [2.24, 2.45) is 11.1 Å². The van der Waals surface area contributed by atoms with Crippen molar-refractivity contribution in [3.63, 3.8) is 0 Å². The van der Waals surface area contributed by atoms with E-state index in [0.29, 0.717) is 19.6 Å². The number of esters is 1. The highest BCUT2D eigenvalue weighted by Gasteiger charge is 2.29. The van der Waals surface area contributed by atoms with Gasteiger partial charge in [0, 0.05) is 26.4 Å². The van der Waals surface area contributed by atoms with Crippen molar-refractivity contribution in [1.82, 2.24) is 0 Å². The zero-order valence-electron chi connectivity index (χ0n) is 10.8. The molecule has 0 bridgehead atoms. The number of oxime groups is 1. The summed E-state index contributed by atoms with van der Waals surface area (Å²) < 4.78 is 15.4. The number of hydrogen-bond acceptors (Lipinski definition) is 6. The van der Waals surface area contributed by atoms with Crippen LogP contribution in [0.1, 0.15) is 20.3 Å². The molecule has 0 aromatic heterocycles. The van der Waals surface area contributed by atoms with E-state index in [4.69, 9.17) is 14.2 Å². The Kier molecular flexibility index (Phi) is 9.37. The molecule has 0 heterocycles. The second-order valence-corrected chi connectivity index (χ2v) is 3.12. The van der Waals surface area contributed by atoms with Crippen LogP contribution in [0.5, 0.6) is 0 Å². The number of hydrogen-bond donors (Lipinski definition) is 0. The van der Waals surface area contributed by atoms with Crippen LogP contribution >= 0.6 is 0 Å². The average molecular weight is 247 g/mol. The molecule has 0 aliphatic carbocycles. The van der Waals surface area contributed by atoms with E-state index in [0.717, 1.165) is 0 Å². The third-order valence-corrected chi connectivity index (χ3v) is 2.02. The Bertz CT molecular complexity index is 232. The highest BCUT2D eigenvalue weighted by molar-refractivity contribution is 5.76. The normalized spacial score (nSPS) is 14.6. The van der Waals surface area contributed by atoms with Crippen LogP contribution in [0.2, 0.25) is 0 Å². The van der Waals surface area contributed by atoms with Gasteiger partial charge in [0.15, 0.2) is 6.29 Å². The molecule has 6 nitrogen and oxygen atoms in total. The molecule has 0 aliphatic rings. The van der Waals surface area contributed by atoms with E-state index in [9.17, 15) is 4.79 Å². The van der Waals surface area contributed by atoms with Gasteiger partial charge in [-0.2, -0.15) is 0 Å². The average Bonchev–Trinajstić information content (AvgIpc) is 2.33. The number of ether oxygens (including phenoxy) is 3. The van der Waals surface area contributed by atoms with E-state index in [1.165, 1.54) is 20.4 Å². The Morgan fingerprint density at radius 2 is 2.00 bits per heavy atom. The fourth-order valence-electron chi connectivity index (χ4n) is 1.31. The maximum absolute atomic E-state index is 11.7. The van der Waals surface area contributed by atoms with E-state index in [2.05, 4.69) is 9.99 Å². The molecule has 2 unspecified atom stereocenters. The molecular weight excluding hydrogens is 226 g/mol. The van der Waals surface area contributed by atoms with Gasteiger partial charge in [-0.15, -0.1) is 0 Å². The second kappa shape index (κ2) is 10.0. The van der Waals surface area contributed by atoms with Gasteiger partial charge in [-0.1, -0.05) is 5.16 Å². The van der Waals surface area contributed by atoms with Crippen molar-refractivity contribution < 1.29 is 23.8 Å². The van der Waals surface area contributed by atoms with Gasteiger partial charge < -0.3 is 19.0 Å². The molecule has 0 fully saturated rings. The van der Waals surface area contributed by atoms with Crippen LogP contribution in [-0.4, -0.2) is 45.9 Å². The maximum Gasteiger partial charge on any atom is 0.314 e. The molecule has 0 saturated heterocycles. The number of carbonyl (C=O) groups is 1. The van der Waals surface area contributed by atoms with Gasteiger partial charge in [-0.25, -0.2) is 0 Å². The van der Waals surface area contributed by atoms with Crippen molar-refractivity contribution in [1.29, 1.82) is 0 Å². The van der Waals surface area contributed by atoms with Crippen LogP contribution in [0, 0.1) is 5.92 Å². The molecule has 17 heavy (non-hydrogen) atoms. The molecule has 0 saturated carbocycles. The van der Waals surface area contributed by atoms with Crippen molar-refractivity contribution in [3.8, 4) is 0 Å². The van der Waals surface area contributed by atoms with Gasteiger partial charge in [-0.3, -0.25) is 4.79 Å². The summed E-state index contributed by atoms with van der Waals surface area (Å²) in [6.45, 7) is 4.35. The van der Waals surface area contributed by atoms with Crippen LogP contribution < -0.4 is 0 Å². The summed E-state index contributed by atoms with van der Waals surface area (Å²) in [7, 11) is 2.92. The van der Waals surface area contributed by atoms with Crippen molar-refractivity contribution in [2.75, 3.05) is 27.4 Å². The largest absolute Gasteiger partial charge is 0.466 e. The molecule has 100 valence electrons. The number of carbonyl (C=O) groups excluding carboxylic acids is 1. The zero-order chi connectivity index (χ0) is 13.1. The van der Waals surface area contributed by atoms with Gasteiger partial charge in [0.05, 0.1) is 6.61 Å². The molecule has 6 heteroatoms. The minimum Gasteiger partial charge on any atom is -0.466 e. The lowest BCUT2D eigenvalue weighted by Gasteiger charge is -2.22. The molecular formula is C11H21NO5. The number of methoxy groups -OCH3 is 1. The smallest absolute Gasteiger partial charge is 0.314 e. The van der Waals surface area contributed by atoms with Crippen LogP contribution in [0.3, 0.4) is 0 Å². The summed E-state index contributed by atoms with van der Waals surface area (Å²) in [4.78, 5) is 16.3. The van der Waals surface area contributed by atoms with E-state index >= 15 is 0 Å². The lowest BCUT2D eigenvalue weighted by atomic mass is 10.1. The molecule has 0 spiro atoms. The fraction of sp³-hybridized carbons (Fsp3) is 0.818. The predicted octanol–water partition coefficient (Wildman–Crippen LogP) is 1.20. The van der Waals surface area contributed by atoms with Gasteiger partial charge in [0.25, 0.3) is 0 Å². The monoisotopic (exact) mass is 247 g/mol. The first kappa shape index (κ1) is 15.9. The summed E-state index contributed by atoms with van der Waals surface area (Å²) in [6.07, 6.45) is 1.19. The Morgan fingerprint density at radius 1 is 1.29 bits per heavy atom. The van der Waals surface area contributed by atoms with E-state index in [-0.39, 0.29) is 5.97 Å². The van der Waals surface area contributed by atoms with E-state index in [1.807, 2.05) is 6.92 Å². The number of rotatable bonds is 9. The molecule has 0 aromatic carbocycles. The quantitative estimate of drug-likeness (QED) is 0.265. The Labute approximate surface area is 102 Å². The molecule has 0 rings (SSSR count). The fourth-order valence-corrected chi connectivity index (χ4v) is 1.31. The number of nitrogens with zero attached hydrogens (tertiary/aromatic N) is 1. The Balaban J connectivity index is 4.55. The van der Waals surface area contributed by atoms with Crippen molar-refractivity contribution in [3.05, 3.63) is 0 Å². The highest BCUT2D eigenvalue weighted by atomic mass is 16.7. The summed E-state index contributed by atoms with van der Waals surface area (Å²) >= 11 is 0. The molecule has 0 aromatic rings. The maximum atomic E-state index is 11.7. The standard InChI is InChI=1S/C11H21NO5/c1-5-16-10(13)9(7-8-12-15-4)11(14-3)17-6-2/h8-9,11H,5-7H2,1-4H3/b12-8+. The summed E-state index contributed by atoms with van der Waals surface area (Å²) in [5, 5.41) is 3.59. The molecule has 0 amide bonds. The van der Waals surface area contributed by atoms with Crippen LogP contribution in [0.25, 0.3) is 0 Å². The van der Waals surface area contributed by atoms with Crippen LogP contribution in [-0.2, 0) is 23.8 Å². The van der Waals surface area contributed by atoms with Crippen LogP contribution in [0.15, 0.2) is 5.16 Å². The first-order valence-electron chi connectivity index (χ1n) is 5.57. The predicted molar refractivity (Wildman–Crippen MR) is 62.7 cm³/mol. The Hall–Kier alpha value is -1.14. The van der Waals surface area contributed by atoms with Crippen molar-refractivity contribution in [2.45, 2.75) is 26.6 Å². The third-order valence-electron chi connectivity index (χ3n) is 2.02. The van der Waals surface area contributed by atoms with E-state index in [1.54, 1.807) is 6.92 Å². The van der Waals surface area contributed by atoms with Crippen molar-refractivity contribution >= 4 is 12.2 Å². The lowest BCUT2D eigenvalue weighted by Crippen LogP contribution is -2.34. The van der Waals surface area contributed by atoms with Gasteiger partial charge >= 0.3 is 5.97 Å². The topological polar surface area (TPSA) is 66.4 Å². The molecule has 2 atom stereocenters. The zero-order valence-corrected chi connectivity index (χ0v) is 10.8. The lowest BCUT2D eigenvalue weighted by molar-refractivity contribution is -0.181. The van der Waals surface area contributed by atoms with Gasteiger partial charge in [0.1, 0.15) is 13.0 Å². The Morgan fingerprint density at radius 3 is 2.47 bits per heavy atom. The third kappa shape index (κ3) is 6.23. The molecule has 0 N–H and O–H groups in total. The first-order chi connectivity index (χ1) is 8.21. The van der Waals surface area contributed by atoms with E-state index < -0.39 is 12.2 Å².